The van der Waals surface area contributed by atoms with E-state index in [4.69, 9.17) is 9.15 Å². The third-order valence-electron chi connectivity index (χ3n) is 5.21. The highest BCUT2D eigenvalue weighted by Crippen LogP contribution is 2.19. The minimum atomic E-state index is 0. The standard InChI is InChI=1S/C25H33N5O2.HI/c1-4-30(5-2)15-16-31-23-14-10-9-13-21(23)17-27-25(26-3)28-18-22-19-32-24(29-22)20-11-7-6-8-12-20;/h6-14,19H,4-5,15-18H2,1-3H3,(H2,26,27,28);1H. The Labute approximate surface area is 213 Å². The van der Waals surface area contributed by atoms with E-state index in [0.717, 1.165) is 42.2 Å². The Bertz CT molecular complexity index is 974. The summed E-state index contributed by atoms with van der Waals surface area (Å²) in [5, 5.41) is 6.63. The zero-order chi connectivity index (χ0) is 22.6. The molecule has 0 fully saturated rings. The molecule has 3 aromatic rings. The van der Waals surface area contributed by atoms with Crippen LogP contribution in [0.1, 0.15) is 25.1 Å². The number of para-hydroxylation sites is 1. The summed E-state index contributed by atoms with van der Waals surface area (Å²) in [6, 6.07) is 18.0. The fraction of sp³-hybridized carbons (Fsp3) is 0.360. The van der Waals surface area contributed by atoms with Gasteiger partial charge in [-0.2, -0.15) is 0 Å². The van der Waals surface area contributed by atoms with Gasteiger partial charge in [-0.3, -0.25) is 4.99 Å². The molecular formula is C25H34IN5O2. The van der Waals surface area contributed by atoms with Crippen LogP contribution in [0, 0.1) is 0 Å². The van der Waals surface area contributed by atoms with E-state index < -0.39 is 0 Å². The number of aromatic nitrogens is 1. The predicted molar refractivity (Wildman–Crippen MR) is 144 cm³/mol. The molecule has 3 rings (SSSR count). The van der Waals surface area contributed by atoms with Crippen molar-refractivity contribution in [2.24, 2.45) is 4.99 Å². The van der Waals surface area contributed by atoms with Crippen molar-refractivity contribution in [3.05, 3.63) is 72.1 Å². The highest BCUT2D eigenvalue weighted by Gasteiger charge is 2.09. The van der Waals surface area contributed by atoms with Crippen LogP contribution < -0.4 is 15.4 Å². The van der Waals surface area contributed by atoms with Gasteiger partial charge in [0.1, 0.15) is 18.6 Å². The molecule has 0 saturated heterocycles. The van der Waals surface area contributed by atoms with E-state index in [-0.39, 0.29) is 24.0 Å². The van der Waals surface area contributed by atoms with Crippen LogP contribution in [-0.2, 0) is 13.1 Å². The molecule has 0 amide bonds. The van der Waals surface area contributed by atoms with E-state index in [1.807, 2.05) is 48.5 Å². The van der Waals surface area contributed by atoms with Crippen LogP contribution in [0.4, 0.5) is 0 Å². The third-order valence-corrected chi connectivity index (χ3v) is 5.21. The average Bonchev–Trinajstić information content (AvgIpc) is 3.32. The van der Waals surface area contributed by atoms with Crippen molar-refractivity contribution in [1.82, 2.24) is 20.5 Å². The van der Waals surface area contributed by atoms with Gasteiger partial charge < -0.3 is 24.7 Å². The smallest absolute Gasteiger partial charge is 0.226 e. The summed E-state index contributed by atoms with van der Waals surface area (Å²) < 4.78 is 11.6. The number of benzene rings is 2. The first kappa shape index (κ1) is 26.7. The zero-order valence-corrected chi connectivity index (χ0v) is 21.9. The van der Waals surface area contributed by atoms with E-state index >= 15 is 0 Å². The van der Waals surface area contributed by atoms with Gasteiger partial charge in [0.05, 0.1) is 12.2 Å². The van der Waals surface area contributed by atoms with Gasteiger partial charge in [0.15, 0.2) is 5.96 Å². The number of hydrogen-bond acceptors (Lipinski definition) is 5. The lowest BCUT2D eigenvalue weighted by atomic mass is 10.2. The topological polar surface area (TPSA) is 74.9 Å². The number of ether oxygens (including phenoxy) is 1. The van der Waals surface area contributed by atoms with Crippen LogP contribution in [-0.4, -0.2) is 49.1 Å². The monoisotopic (exact) mass is 563 g/mol. The number of nitrogens with one attached hydrogen (secondary N) is 2. The minimum Gasteiger partial charge on any atom is -0.492 e. The Balaban J connectivity index is 0.00000385. The molecule has 178 valence electrons. The van der Waals surface area contributed by atoms with Crippen LogP contribution in [0.15, 0.2) is 70.3 Å². The quantitative estimate of drug-likeness (QED) is 0.203. The van der Waals surface area contributed by atoms with Crippen LogP contribution >= 0.6 is 24.0 Å². The van der Waals surface area contributed by atoms with Gasteiger partial charge in [-0.1, -0.05) is 50.2 Å². The van der Waals surface area contributed by atoms with Crippen LogP contribution in [0.2, 0.25) is 0 Å². The third kappa shape index (κ3) is 8.36. The Kier molecular flexibility index (Phi) is 11.7. The number of hydrogen-bond donors (Lipinski definition) is 2. The number of aliphatic imine (C=N–C) groups is 1. The van der Waals surface area contributed by atoms with E-state index in [2.05, 4.69) is 45.4 Å². The van der Waals surface area contributed by atoms with Gasteiger partial charge in [0, 0.05) is 31.3 Å². The molecule has 2 N–H and O–H groups in total. The van der Waals surface area contributed by atoms with E-state index in [1.54, 1.807) is 13.3 Å². The molecule has 0 saturated carbocycles. The number of rotatable bonds is 11. The highest BCUT2D eigenvalue weighted by atomic mass is 127. The Morgan fingerprint density at radius 3 is 2.42 bits per heavy atom. The summed E-state index contributed by atoms with van der Waals surface area (Å²) in [6.45, 7) is 9.10. The predicted octanol–water partition coefficient (Wildman–Crippen LogP) is 4.55. The molecule has 0 spiro atoms. The largest absolute Gasteiger partial charge is 0.492 e. The molecule has 33 heavy (non-hydrogen) atoms. The normalized spacial score (nSPS) is 11.2. The summed E-state index contributed by atoms with van der Waals surface area (Å²) in [5.74, 6) is 2.19. The molecule has 1 aromatic heterocycles. The molecule has 7 nitrogen and oxygen atoms in total. The Morgan fingerprint density at radius 1 is 1.00 bits per heavy atom. The fourth-order valence-corrected chi connectivity index (χ4v) is 3.29. The molecule has 0 unspecified atom stereocenters. The lowest BCUT2D eigenvalue weighted by Crippen LogP contribution is -2.36. The first-order valence-corrected chi connectivity index (χ1v) is 11.1. The van der Waals surface area contributed by atoms with E-state index in [0.29, 0.717) is 31.5 Å². The lowest BCUT2D eigenvalue weighted by Gasteiger charge is -2.19. The molecule has 0 aliphatic rings. The van der Waals surface area contributed by atoms with Crippen molar-refractivity contribution in [2.45, 2.75) is 26.9 Å². The molecule has 0 aliphatic heterocycles. The number of guanidine groups is 1. The van der Waals surface area contributed by atoms with Crippen molar-refractivity contribution in [3.63, 3.8) is 0 Å². The molecule has 0 aliphatic carbocycles. The Hall–Kier alpha value is -2.59. The highest BCUT2D eigenvalue weighted by molar-refractivity contribution is 14.0. The zero-order valence-electron chi connectivity index (χ0n) is 19.6. The summed E-state index contributed by atoms with van der Waals surface area (Å²) in [6.07, 6.45) is 1.67. The summed E-state index contributed by atoms with van der Waals surface area (Å²) in [7, 11) is 1.75. The van der Waals surface area contributed by atoms with Gasteiger partial charge in [-0.25, -0.2) is 4.98 Å². The van der Waals surface area contributed by atoms with Crippen LogP contribution in [0.3, 0.4) is 0 Å². The fourth-order valence-electron chi connectivity index (χ4n) is 3.29. The minimum absolute atomic E-state index is 0. The summed E-state index contributed by atoms with van der Waals surface area (Å²) in [5.41, 5.74) is 2.86. The van der Waals surface area contributed by atoms with Crippen molar-refractivity contribution in [3.8, 4) is 17.2 Å². The van der Waals surface area contributed by atoms with Crippen molar-refractivity contribution < 1.29 is 9.15 Å². The van der Waals surface area contributed by atoms with Crippen LogP contribution in [0.5, 0.6) is 5.75 Å². The second-order valence-corrected chi connectivity index (χ2v) is 7.27. The number of oxazole rings is 1. The lowest BCUT2D eigenvalue weighted by molar-refractivity contribution is 0.221. The van der Waals surface area contributed by atoms with Crippen LogP contribution in [0.25, 0.3) is 11.5 Å². The van der Waals surface area contributed by atoms with Crippen molar-refractivity contribution in [2.75, 3.05) is 33.3 Å². The van der Waals surface area contributed by atoms with Gasteiger partial charge in [0.25, 0.3) is 0 Å². The molecule has 0 radical (unpaired) electrons. The van der Waals surface area contributed by atoms with Gasteiger partial charge in [-0.15, -0.1) is 24.0 Å². The van der Waals surface area contributed by atoms with Gasteiger partial charge >= 0.3 is 0 Å². The maximum atomic E-state index is 6.05. The number of nitrogens with zero attached hydrogens (tertiary/aromatic N) is 3. The second-order valence-electron chi connectivity index (χ2n) is 7.27. The van der Waals surface area contributed by atoms with Crippen molar-refractivity contribution >= 4 is 29.9 Å². The maximum Gasteiger partial charge on any atom is 0.226 e. The Morgan fingerprint density at radius 2 is 1.70 bits per heavy atom. The van der Waals surface area contributed by atoms with E-state index in [1.165, 1.54) is 0 Å². The number of halogens is 1. The first-order valence-electron chi connectivity index (χ1n) is 11.1. The molecular weight excluding hydrogens is 529 g/mol. The summed E-state index contributed by atoms with van der Waals surface area (Å²) >= 11 is 0. The van der Waals surface area contributed by atoms with Gasteiger partial charge in [-0.05, 0) is 31.3 Å². The SMILES string of the molecule is CCN(CC)CCOc1ccccc1CNC(=NC)NCc1coc(-c2ccccc2)n1.I. The molecule has 8 heteroatoms. The first-order chi connectivity index (χ1) is 15.7. The maximum absolute atomic E-state index is 6.05. The molecule has 1 heterocycles. The molecule has 0 bridgehead atoms. The molecule has 2 aromatic carbocycles. The van der Waals surface area contributed by atoms with E-state index in [9.17, 15) is 0 Å². The van der Waals surface area contributed by atoms with Gasteiger partial charge in [0.2, 0.25) is 5.89 Å². The number of likely N-dealkylation sites (N-methyl/N-ethyl adjacent to an activating group) is 1. The molecule has 0 atom stereocenters. The van der Waals surface area contributed by atoms with Crippen molar-refractivity contribution in [1.29, 1.82) is 0 Å². The second kappa shape index (κ2) is 14.5. The summed E-state index contributed by atoms with van der Waals surface area (Å²) in [4.78, 5) is 11.2. The average molecular weight is 563 g/mol.